The summed E-state index contributed by atoms with van der Waals surface area (Å²) in [4.78, 5) is 22.6. The molecule has 0 saturated carbocycles. The smallest absolute Gasteiger partial charge is 0.383 e. The largest absolute Gasteiger partial charge is 0.433 e. The number of anilines is 1. The highest BCUT2D eigenvalue weighted by Gasteiger charge is 2.36. The molecule has 1 aromatic carbocycles. The summed E-state index contributed by atoms with van der Waals surface area (Å²) in [6, 6.07) is 3.93. The fraction of sp³-hybridized carbons (Fsp3) is 0.304. The van der Waals surface area contributed by atoms with Crippen LogP contribution in [0.3, 0.4) is 0 Å². The van der Waals surface area contributed by atoms with Crippen LogP contribution in [0.5, 0.6) is 0 Å². The Balaban J connectivity index is 1.58. The average Bonchev–Trinajstić information content (AvgIpc) is 3.11. The molecule has 4 heterocycles. The molecule has 35 heavy (non-hydrogen) atoms. The number of alkyl halides is 3. The van der Waals surface area contributed by atoms with Gasteiger partial charge in [-0.2, -0.15) is 18.3 Å². The number of carbonyl (C=O) groups is 1. The third-order valence-electron chi connectivity index (χ3n) is 6.25. The minimum atomic E-state index is -4.61. The molecule has 12 heteroatoms. The summed E-state index contributed by atoms with van der Waals surface area (Å²) in [7, 11) is 3.15. The number of hydrogen-bond donors (Lipinski definition) is 1. The van der Waals surface area contributed by atoms with Crippen LogP contribution in [0.25, 0.3) is 21.8 Å². The van der Waals surface area contributed by atoms with Gasteiger partial charge in [0.1, 0.15) is 17.3 Å². The lowest BCUT2D eigenvalue weighted by Crippen LogP contribution is -2.37. The quantitative estimate of drug-likeness (QED) is 0.430. The highest BCUT2D eigenvalue weighted by atomic mass is 19.4. The monoisotopic (exact) mass is 488 g/mol. The first-order valence-electron chi connectivity index (χ1n) is 10.6. The zero-order valence-corrected chi connectivity index (χ0v) is 18.9. The zero-order chi connectivity index (χ0) is 25.2. The maximum atomic E-state index is 15.1. The predicted molar refractivity (Wildman–Crippen MR) is 119 cm³/mol. The number of amides is 1. The summed E-state index contributed by atoms with van der Waals surface area (Å²) in [6.45, 7) is 1.68. The number of rotatable bonds is 2. The van der Waals surface area contributed by atoms with E-state index >= 15 is 4.39 Å². The average molecular weight is 488 g/mol. The minimum absolute atomic E-state index is 0.0285. The van der Waals surface area contributed by atoms with E-state index in [1.54, 1.807) is 18.7 Å². The second-order valence-electron chi connectivity index (χ2n) is 8.46. The van der Waals surface area contributed by atoms with Gasteiger partial charge in [0.25, 0.3) is 5.91 Å². The van der Waals surface area contributed by atoms with E-state index in [9.17, 15) is 18.0 Å². The van der Waals surface area contributed by atoms with Gasteiger partial charge in [0.2, 0.25) is 0 Å². The van der Waals surface area contributed by atoms with E-state index in [0.29, 0.717) is 27.5 Å². The van der Waals surface area contributed by atoms with E-state index in [-0.39, 0.29) is 35.8 Å². The topological polar surface area (TPSA) is 99.2 Å². The Morgan fingerprint density at radius 1 is 1.26 bits per heavy atom. The molecule has 0 unspecified atom stereocenters. The van der Waals surface area contributed by atoms with Gasteiger partial charge < -0.3 is 15.4 Å². The lowest BCUT2D eigenvalue weighted by Gasteiger charge is -2.33. The van der Waals surface area contributed by atoms with Crippen LogP contribution in [-0.4, -0.2) is 44.2 Å². The SMILES string of the molecule is Cc1nn(C)c2c1c(N)nc1cc(F)c(C(=O)N(C)[C@@H]3COCc4nc(C(F)(F)F)ccc43)cc12. The third kappa shape index (κ3) is 3.64. The Hall–Kier alpha value is -3.80. The molecule has 0 spiro atoms. The van der Waals surface area contributed by atoms with E-state index in [2.05, 4.69) is 15.1 Å². The number of aromatic nitrogens is 4. The first kappa shape index (κ1) is 23.0. The summed E-state index contributed by atoms with van der Waals surface area (Å²) >= 11 is 0. The highest BCUT2D eigenvalue weighted by molar-refractivity contribution is 6.11. The number of halogens is 4. The third-order valence-corrected chi connectivity index (χ3v) is 6.25. The highest BCUT2D eigenvalue weighted by Crippen LogP contribution is 2.35. The number of benzene rings is 1. The van der Waals surface area contributed by atoms with Crippen molar-refractivity contribution in [3.05, 3.63) is 58.3 Å². The molecule has 0 aliphatic carbocycles. The molecular weight excluding hydrogens is 468 g/mol. The molecule has 1 amide bonds. The van der Waals surface area contributed by atoms with Crippen molar-refractivity contribution in [1.82, 2.24) is 24.6 Å². The number of hydrogen-bond acceptors (Lipinski definition) is 6. The van der Waals surface area contributed by atoms with Crippen molar-refractivity contribution in [2.24, 2.45) is 7.05 Å². The van der Waals surface area contributed by atoms with Crippen molar-refractivity contribution < 1.29 is 27.1 Å². The molecule has 1 atom stereocenters. The van der Waals surface area contributed by atoms with E-state index in [1.165, 1.54) is 24.1 Å². The summed E-state index contributed by atoms with van der Waals surface area (Å²) < 4.78 is 61.3. The number of nitrogen functional groups attached to an aromatic ring is 1. The molecule has 182 valence electrons. The van der Waals surface area contributed by atoms with Gasteiger partial charge >= 0.3 is 6.18 Å². The van der Waals surface area contributed by atoms with Crippen LogP contribution >= 0.6 is 0 Å². The van der Waals surface area contributed by atoms with Crippen LogP contribution in [0.2, 0.25) is 0 Å². The van der Waals surface area contributed by atoms with E-state index in [4.69, 9.17) is 10.5 Å². The van der Waals surface area contributed by atoms with Crippen LogP contribution in [0, 0.1) is 12.7 Å². The second kappa shape index (κ2) is 7.87. The van der Waals surface area contributed by atoms with Crippen LogP contribution in [-0.2, 0) is 24.6 Å². The molecule has 0 bridgehead atoms. The molecule has 0 saturated heterocycles. The number of nitrogens with zero attached hydrogens (tertiary/aromatic N) is 5. The maximum absolute atomic E-state index is 15.1. The van der Waals surface area contributed by atoms with Crippen molar-refractivity contribution in [2.75, 3.05) is 19.4 Å². The fourth-order valence-electron chi connectivity index (χ4n) is 4.57. The Bertz CT molecular complexity index is 1510. The number of nitrogens with two attached hydrogens (primary N) is 1. The number of pyridine rings is 2. The molecule has 1 aliphatic rings. The van der Waals surface area contributed by atoms with Crippen LogP contribution in [0.15, 0.2) is 24.3 Å². The lowest BCUT2D eigenvalue weighted by molar-refractivity contribution is -0.141. The molecule has 4 aromatic rings. The van der Waals surface area contributed by atoms with Crippen molar-refractivity contribution >= 4 is 33.5 Å². The molecule has 2 N–H and O–H groups in total. The number of likely N-dealkylation sites (N-methyl/N-ethyl adjacent to an activating group) is 1. The second-order valence-corrected chi connectivity index (χ2v) is 8.46. The molecule has 8 nitrogen and oxygen atoms in total. The van der Waals surface area contributed by atoms with E-state index < -0.39 is 29.6 Å². The van der Waals surface area contributed by atoms with Crippen molar-refractivity contribution in [1.29, 1.82) is 0 Å². The van der Waals surface area contributed by atoms with Crippen molar-refractivity contribution in [3.63, 3.8) is 0 Å². The molecular formula is C23H20F4N6O2. The van der Waals surface area contributed by atoms with Gasteiger partial charge in [-0.1, -0.05) is 6.07 Å². The van der Waals surface area contributed by atoms with E-state index in [1.807, 2.05) is 0 Å². The normalized spacial score (nSPS) is 16.0. The maximum Gasteiger partial charge on any atom is 0.433 e. The Morgan fingerprint density at radius 3 is 2.71 bits per heavy atom. The molecule has 1 aliphatic heterocycles. The standard InChI is InChI=1S/C23H20F4N6O2/c1-10-19-20(33(3)31-10)13-6-12(14(24)7-15(13)30-21(19)28)22(34)32(2)17-9-35-8-16-11(17)4-5-18(29-16)23(25,26)27/h4-7,17H,8-9H2,1-3H3,(H2,28,30)/t17-/m1/s1. The first-order chi connectivity index (χ1) is 16.5. The van der Waals surface area contributed by atoms with Gasteiger partial charge in [0, 0.05) is 31.1 Å². The predicted octanol–water partition coefficient (Wildman–Crippen LogP) is 3.91. The number of aryl methyl sites for hydroxylation is 2. The first-order valence-corrected chi connectivity index (χ1v) is 10.6. The Labute approximate surface area is 196 Å². The molecule has 3 aromatic heterocycles. The Morgan fingerprint density at radius 2 is 2.00 bits per heavy atom. The van der Waals surface area contributed by atoms with Gasteiger partial charge in [-0.3, -0.25) is 9.48 Å². The van der Waals surface area contributed by atoms with E-state index in [0.717, 1.165) is 12.1 Å². The van der Waals surface area contributed by atoms with Gasteiger partial charge in [-0.05, 0) is 19.1 Å². The number of fused-ring (bicyclic) bond motifs is 4. The minimum Gasteiger partial charge on any atom is -0.383 e. The van der Waals surface area contributed by atoms with Gasteiger partial charge in [0.05, 0.1) is 52.6 Å². The summed E-state index contributed by atoms with van der Waals surface area (Å²) in [5, 5.41) is 5.46. The van der Waals surface area contributed by atoms with Gasteiger partial charge in [0.15, 0.2) is 0 Å². The van der Waals surface area contributed by atoms with Crippen molar-refractivity contribution in [2.45, 2.75) is 25.7 Å². The van der Waals surface area contributed by atoms with Gasteiger partial charge in [-0.25, -0.2) is 14.4 Å². The van der Waals surface area contributed by atoms with Crippen LogP contribution < -0.4 is 5.73 Å². The molecule has 0 fully saturated rings. The summed E-state index contributed by atoms with van der Waals surface area (Å²) in [5.41, 5.74) is 6.82. The van der Waals surface area contributed by atoms with Gasteiger partial charge in [-0.15, -0.1) is 0 Å². The number of carbonyl (C=O) groups excluding carboxylic acids is 1. The number of ether oxygens (including phenoxy) is 1. The summed E-state index contributed by atoms with van der Waals surface area (Å²) in [5.74, 6) is -1.27. The zero-order valence-electron chi connectivity index (χ0n) is 18.9. The Kier molecular flexibility index (Phi) is 5.16. The lowest BCUT2D eigenvalue weighted by atomic mass is 10.00. The van der Waals surface area contributed by atoms with Crippen LogP contribution in [0.4, 0.5) is 23.4 Å². The fourth-order valence-corrected chi connectivity index (χ4v) is 4.57. The molecule has 5 rings (SSSR count). The van der Waals surface area contributed by atoms with Crippen molar-refractivity contribution in [3.8, 4) is 0 Å². The van der Waals surface area contributed by atoms with Crippen LogP contribution in [0.1, 0.15) is 39.0 Å². The summed E-state index contributed by atoms with van der Waals surface area (Å²) in [6.07, 6.45) is -4.61. The molecule has 0 radical (unpaired) electrons.